The van der Waals surface area contributed by atoms with E-state index in [-0.39, 0.29) is 5.91 Å². The highest BCUT2D eigenvalue weighted by atomic mass is 35.5. The highest BCUT2D eigenvalue weighted by Gasteiger charge is 2.06. The zero-order valence-corrected chi connectivity index (χ0v) is 13.7. The Labute approximate surface area is 138 Å². The van der Waals surface area contributed by atoms with E-state index in [1.807, 2.05) is 24.3 Å². The lowest BCUT2D eigenvalue weighted by atomic mass is 10.2. The molecule has 0 aliphatic carbocycles. The van der Waals surface area contributed by atoms with Gasteiger partial charge >= 0.3 is 0 Å². The maximum absolute atomic E-state index is 11.9. The summed E-state index contributed by atoms with van der Waals surface area (Å²) in [4.78, 5) is 11.9. The smallest absolute Gasteiger partial charge is 0.250 e. The number of nitrogens with zero attached hydrogens (tertiary/aromatic N) is 2. The van der Waals surface area contributed by atoms with Crippen LogP contribution in [-0.4, -0.2) is 29.1 Å². The van der Waals surface area contributed by atoms with E-state index >= 15 is 0 Å². The number of amides is 1. The minimum atomic E-state index is -0.247. The van der Waals surface area contributed by atoms with Crippen LogP contribution in [0.4, 0.5) is 5.13 Å². The number of rotatable bonds is 7. The third-order valence-corrected chi connectivity index (χ3v) is 3.91. The van der Waals surface area contributed by atoms with Crippen molar-refractivity contribution in [3.05, 3.63) is 40.9 Å². The number of ether oxygens (including phenoxy) is 1. The number of hydrogen-bond donors (Lipinski definition) is 1. The van der Waals surface area contributed by atoms with Crippen LogP contribution >= 0.6 is 22.9 Å². The van der Waals surface area contributed by atoms with Crippen molar-refractivity contribution in [3.8, 4) is 5.75 Å². The van der Waals surface area contributed by atoms with Gasteiger partial charge in [-0.3, -0.25) is 10.1 Å². The second-order valence-electron chi connectivity index (χ2n) is 4.39. The second kappa shape index (κ2) is 8.51. The van der Waals surface area contributed by atoms with Gasteiger partial charge in [-0.1, -0.05) is 23.5 Å². The van der Waals surface area contributed by atoms with E-state index in [9.17, 15) is 4.79 Å². The molecule has 0 unspecified atom stereocenters. The van der Waals surface area contributed by atoms with Crippen LogP contribution in [0.2, 0.25) is 0 Å². The quantitative estimate of drug-likeness (QED) is 0.621. The van der Waals surface area contributed by atoms with E-state index in [0.717, 1.165) is 29.2 Å². The van der Waals surface area contributed by atoms with Crippen molar-refractivity contribution < 1.29 is 9.53 Å². The fraction of sp³-hybridized carbons (Fsp3) is 0.267. The Morgan fingerprint density at radius 1 is 1.45 bits per heavy atom. The molecule has 116 valence electrons. The van der Waals surface area contributed by atoms with Gasteiger partial charge in [0.2, 0.25) is 11.0 Å². The van der Waals surface area contributed by atoms with Crippen molar-refractivity contribution in [2.45, 2.75) is 12.8 Å². The van der Waals surface area contributed by atoms with E-state index < -0.39 is 0 Å². The molecule has 1 aromatic heterocycles. The first-order chi connectivity index (χ1) is 10.7. The van der Waals surface area contributed by atoms with Gasteiger partial charge in [-0.25, -0.2) is 0 Å². The van der Waals surface area contributed by atoms with Gasteiger partial charge in [-0.15, -0.1) is 21.8 Å². The van der Waals surface area contributed by atoms with Gasteiger partial charge in [0, 0.05) is 18.4 Å². The molecular weight excluding hydrogens is 322 g/mol. The Morgan fingerprint density at radius 2 is 2.32 bits per heavy atom. The molecule has 1 aromatic carbocycles. The van der Waals surface area contributed by atoms with Gasteiger partial charge in [0.05, 0.1) is 7.11 Å². The Kier molecular flexibility index (Phi) is 6.36. The number of methoxy groups -OCH3 is 1. The maximum atomic E-state index is 11.9. The fourth-order valence-electron chi connectivity index (χ4n) is 1.69. The highest BCUT2D eigenvalue weighted by molar-refractivity contribution is 7.15. The summed E-state index contributed by atoms with van der Waals surface area (Å²) in [6.45, 7) is 0. The Balaban J connectivity index is 1.91. The van der Waals surface area contributed by atoms with E-state index in [1.165, 1.54) is 17.4 Å². The number of nitrogens with one attached hydrogen (secondary N) is 1. The third-order valence-electron chi connectivity index (χ3n) is 2.74. The van der Waals surface area contributed by atoms with Gasteiger partial charge in [-0.2, -0.15) is 0 Å². The van der Waals surface area contributed by atoms with Gasteiger partial charge in [0.15, 0.2) is 0 Å². The molecule has 5 nitrogen and oxygen atoms in total. The number of benzene rings is 1. The van der Waals surface area contributed by atoms with Crippen molar-refractivity contribution in [1.29, 1.82) is 0 Å². The zero-order chi connectivity index (χ0) is 15.8. The van der Waals surface area contributed by atoms with Crippen LogP contribution in [0.5, 0.6) is 5.75 Å². The number of halogens is 1. The fourth-order valence-corrected chi connectivity index (χ4v) is 2.61. The molecule has 2 aromatic rings. The number of carbonyl (C=O) groups excluding carboxylic acids is 1. The molecular formula is C15H16ClN3O2S. The molecule has 0 fully saturated rings. The molecule has 0 saturated carbocycles. The Morgan fingerprint density at radius 3 is 3.09 bits per heavy atom. The van der Waals surface area contributed by atoms with Crippen molar-refractivity contribution in [2.24, 2.45) is 0 Å². The van der Waals surface area contributed by atoms with Crippen LogP contribution < -0.4 is 10.1 Å². The summed E-state index contributed by atoms with van der Waals surface area (Å²) >= 11 is 6.99. The van der Waals surface area contributed by atoms with Crippen LogP contribution in [0.15, 0.2) is 30.3 Å². The lowest BCUT2D eigenvalue weighted by Crippen LogP contribution is -2.07. The maximum Gasteiger partial charge on any atom is 0.250 e. The van der Waals surface area contributed by atoms with E-state index in [1.54, 1.807) is 13.2 Å². The SMILES string of the molecule is COc1cccc(/C=C/C(=O)Nc2nnc(CCCCl)s2)c1. The average Bonchev–Trinajstić information content (AvgIpc) is 2.98. The molecule has 7 heteroatoms. The van der Waals surface area contributed by atoms with Gasteiger partial charge in [0.1, 0.15) is 10.8 Å². The molecule has 0 atom stereocenters. The summed E-state index contributed by atoms with van der Waals surface area (Å²) in [6, 6.07) is 7.45. The standard InChI is InChI=1S/C15H16ClN3O2S/c1-21-12-5-2-4-11(10-12)7-8-13(20)17-15-19-18-14(22-15)6-3-9-16/h2,4-5,7-8,10H,3,6,9H2,1H3,(H,17,19,20)/b8-7+. The monoisotopic (exact) mass is 337 g/mol. The topological polar surface area (TPSA) is 64.1 Å². The summed E-state index contributed by atoms with van der Waals surface area (Å²) in [5.74, 6) is 1.09. The summed E-state index contributed by atoms with van der Waals surface area (Å²) < 4.78 is 5.13. The van der Waals surface area contributed by atoms with Gasteiger partial charge in [-0.05, 0) is 30.2 Å². The zero-order valence-electron chi connectivity index (χ0n) is 12.1. The predicted molar refractivity (Wildman–Crippen MR) is 89.6 cm³/mol. The van der Waals surface area contributed by atoms with E-state index in [4.69, 9.17) is 16.3 Å². The predicted octanol–water partition coefficient (Wildman–Crippen LogP) is 3.37. The van der Waals surface area contributed by atoms with Gasteiger partial charge in [0.25, 0.3) is 0 Å². The van der Waals surface area contributed by atoms with Crippen molar-refractivity contribution in [3.63, 3.8) is 0 Å². The first-order valence-corrected chi connectivity index (χ1v) is 8.08. The average molecular weight is 338 g/mol. The highest BCUT2D eigenvalue weighted by Crippen LogP contribution is 2.17. The Bertz CT molecular complexity index is 658. The largest absolute Gasteiger partial charge is 0.497 e. The van der Waals surface area contributed by atoms with Crippen molar-refractivity contribution in [2.75, 3.05) is 18.3 Å². The number of anilines is 1. The Hall–Kier alpha value is -1.92. The van der Waals surface area contributed by atoms with Crippen LogP contribution in [0, 0.1) is 0 Å². The van der Waals surface area contributed by atoms with Crippen molar-refractivity contribution in [1.82, 2.24) is 10.2 Å². The molecule has 0 aliphatic heterocycles. The molecule has 0 bridgehead atoms. The minimum Gasteiger partial charge on any atom is -0.497 e. The molecule has 0 saturated heterocycles. The number of carbonyl (C=O) groups is 1. The lowest BCUT2D eigenvalue weighted by molar-refractivity contribution is -0.111. The summed E-state index contributed by atoms with van der Waals surface area (Å²) in [6.07, 6.45) is 4.79. The lowest BCUT2D eigenvalue weighted by Gasteiger charge is -2.00. The number of hydrogen-bond acceptors (Lipinski definition) is 5. The first-order valence-electron chi connectivity index (χ1n) is 6.72. The van der Waals surface area contributed by atoms with E-state index in [2.05, 4.69) is 15.5 Å². The van der Waals surface area contributed by atoms with Crippen LogP contribution in [0.25, 0.3) is 6.08 Å². The molecule has 1 amide bonds. The first kappa shape index (κ1) is 16.5. The summed E-state index contributed by atoms with van der Waals surface area (Å²) in [7, 11) is 1.60. The van der Waals surface area contributed by atoms with E-state index in [0.29, 0.717) is 11.0 Å². The summed E-state index contributed by atoms with van der Waals surface area (Å²) in [5, 5.41) is 12.0. The molecule has 0 radical (unpaired) electrons. The molecule has 0 aliphatic rings. The van der Waals surface area contributed by atoms with Gasteiger partial charge < -0.3 is 4.74 Å². The summed E-state index contributed by atoms with van der Waals surface area (Å²) in [5.41, 5.74) is 0.884. The minimum absolute atomic E-state index is 0.247. The molecule has 22 heavy (non-hydrogen) atoms. The molecule has 1 N–H and O–H groups in total. The normalized spacial score (nSPS) is 10.8. The van der Waals surface area contributed by atoms with Crippen molar-refractivity contribution >= 4 is 40.1 Å². The second-order valence-corrected chi connectivity index (χ2v) is 5.83. The van der Waals surface area contributed by atoms with Crippen LogP contribution in [-0.2, 0) is 11.2 Å². The molecule has 0 spiro atoms. The number of alkyl halides is 1. The van der Waals surface area contributed by atoms with Crippen LogP contribution in [0.3, 0.4) is 0 Å². The number of aryl methyl sites for hydroxylation is 1. The number of aromatic nitrogens is 2. The third kappa shape index (κ3) is 5.13. The van der Waals surface area contributed by atoms with Crippen LogP contribution in [0.1, 0.15) is 17.0 Å². The molecule has 1 heterocycles. The molecule has 2 rings (SSSR count).